The molecule has 4 bridgehead atoms. The van der Waals surface area contributed by atoms with Crippen LogP contribution in [0, 0.1) is 17.8 Å². The van der Waals surface area contributed by atoms with Crippen molar-refractivity contribution in [2.45, 2.75) is 61.4 Å². The van der Waals surface area contributed by atoms with Crippen LogP contribution in [0.2, 0.25) is 0 Å². The van der Waals surface area contributed by atoms with Gasteiger partial charge in [-0.3, -0.25) is 4.79 Å². The number of carbonyl (C=O) groups is 1. The third-order valence-electron chi connectivity index (χ3n) is 6.45. The molecule has 0 saturated heterocycles. The van der Waals surface area contributed by atoms with Gasteiger partial charge in [0.05, 0.1) is 16.3 Å². The first-order chi connectivity index (χ1) is 12.1. The van der Waals surface area contributed by atoms with E-state index in [0.717, 1.165) is 33.9 Å². The van der Waals surface area contributed by atoms with Crippen LogP contribution in [0.15, 0.2) is 29.4 Å². The molecule has 2 N–H and O–H groups in total. The zero-order valence-corrected chi connectivity index (χ0v) is 15.4. The van der Waals surface area contributed by atoms with Crippen LogP contribution in [0.4, 0.5) is 0 Å². The maximum atomic E-state index is 12.9. The fourth-order valence-corrected chi connectivity index (χ4v) is 6.65. The number of rotatable bonds is 4. The Labute approximate surface area is 152 Å². The Morgan fingerprint density at radius 3 is 2.48 bits per heavy atom. The van der Waals surface area contributed by atoms with Crippen LogP contribution in [0.25, 0.3) is 11.0 Å². The number of hydrogen-bond acceptors (Lipinski definition) is 3. The first-order valence-corrected chi connectivity index (χ1v) is 10.4. The molecule has 1 heterocycles. The van der Waals surface area contributed by atoms with Crippen molar-refractivity contribution in [2.75, 3.05) is 0 Å². The molecule has 4 nitrogen and oxygen atoms in total. The van der Waals surface area contributed by atoms with E-state index in [4.69, 9.17) is 0 Å². The molecule has 0 spiro atoms. The number of H-pyrrole nitrogens is 1. The predicted octanol–water partition coefficient (Wildman–Crippen LogP) is 4.13. The molecular formula is C20H25N3OS. The molecule has 1 unspecified atom stereocenters. The zero-order valence-electron chi connectivity index (χ0n) is 14.6. The van der Waals surface area contributed by atoms with Gasteiger partial charge in [0, 0.05) is 5.54 Å². The van der Waals surface area contributed by atoms with Crippen LogP contribution in [0.3, 0.4) is 0 Å². The van der Waals surface area contributed by atoms with Crippen molar-refractivity contribution in [1.82, 2.24) is 15.3 Å². The second-order valence-corrected chi connectivity index (χ2v) is 9.84. The second kappa shape index (κ2) is 5.76. The number of fused-ring (bicyclic) bond motifs is 1. The van der Waals surface area contributed by atoms with Gasteiger partial charge in [-0.2, -0.15) is 0 Å². The van der Waals surface area contributed by atoms with Gasteiger partial charge in [0.15, 0.2) is 5.16 Å². The molecule has 4 fully saturated rings. The van der Waals surface area contributed by atoms with E-state index >= 15 is 0 Å². The van der Waals surface area contributed by atoms with Gasteiger partial charge in [-0.1, -0.05) is 23.9 Å². The summed E-state index contributed by atoms with van der Waals surface area (Å²) < 4.78 is 0. The molecule has 1 aromatic carbocycles. The number of aromatic amines is 1. The van der Waals surface area contributed by atoms with E-state index in [1.165, 1.54) is 50.3 Å². The molecule has 1 amide bonds. The van der Waals surface area contributed by atoms with Gasteiger partial charge >= 0.3 is 0 Å². The molecule has 2 aromatic rings. The van der Waals surface area contributed by atoms with Crippen molar-refractivity contribution in [2.24, 2.45) is 17.8 Å². The van der Waals surface area contributed by atoms with Gasteiger partial charge < -0.3 is 10.3 Å². The largest absolute Gasteiger partial charge is 0.350 e. The summed E-state index contributed by atoms with van der Waals surface area (Å²) in [6.45, 7) is 1.99. The Morgan fingerprint density at radius 2 is 1.84 bits per heavy atom. The standard InChI is InChI=1S/C20H25N3OS/c1-12(25-19-21-16-4-2-3-5-17(16)22-19)18(24)23-20-9-13-6-14(10-20)8-15(7-13)11-20/h2-5,12-15H,6-11H2,1H3,(H,21,22)(H,23,24). The molecule has 1 atom stereocenters. The van der Waals surface area contributed by atoms with Crippen molar-refractivity contribution in [3.05, 3.63) is 24.3 Å². The predicted molar refractivity (Wildman–Crippen MR) is 100 cm³/mol. The highest BCUT2D eigenvalue weighted by Gasteiger charge is 2.51. The molecule has 4 aliphatic carbocycles. The minimum absolute atomic E-state index is 0.0918. The summed E-state index contributed by atoms with van der Waals surface area (Å²) >= 11 is 1.53. The lowest BCUT2D eigenvalue weighted by Gasteiger charge is -2.57. The number of amides is 1. The molecule has 4 saturated carbocycles. The Hall–Kier alpha value is -1.49. The summed E-state index contributed by atoms with van der Waals surface area (Å²) in [5.74, 6) is 2.73. The third kappa shape index (κ3) is 2.86. The second-order valence-electron chi connectivity index (χ2n) is 8.51. The van der Waals surface area contributed by atoms with Crippen molar-refractivity contribution in [3.8, 4) is 0 Å². The maximum absolute atomic E-state index is 12.9. The summed E-state index contributed by atoms with van der Waals surface area (Å²) in [6.07, 6.45) is 7.81. The molecule has 6 rings (SSSR count). The van der Waals surface area contributed by atoms with Gasteiger partial charge in [-0.15, -0.1) is 0 Å². The van der Waals surface area contributed by atoms with Gasteiger partial charge in [0.25, 0.3) is 0 Å². The number of imidazole rings is 1. The number of carbonyl (C=O) groups excluding carboxylic acids is 1. The minimum Gasteiger partial charge on any atom is -0.350 e. The smallest absolute Gasteiger partial charge is 0.233 e. The third-order valence-corrected chi connectivity index (χ3v) is 7.44. The number of nitrogens with one attached hydrogen (secondary N) is 2. The Balaban J connectivity index is 1.27. The van der Waals surface area contributed by atoms with Crippen LogP contribution >= 0.6 is 11.8 Å². The van der Waals surface area contributed by atoms with E-state index in [0.29, 0.717) is 0 Å². The van der Waals surface area contributed by atoms with Crippen LogP contribution in [0.5, 0.6) is 0 Å². The van der Waals surface area contributed by atoms with E-state index in [9.17, 15) is 4.79 Å². The Morgan fingerprint density at radius 1 is 1.20 bits per heavy atom. The quantitative estimate of drug-likeness (QED) is 0.811. The number of hydrogen-bond donors (Lipinski definition) is 2. The molecule has 0 aliphatic heterocycles. The fourth-order valence-electron chi connectivity index (χ4n) is 5.83. The molecule has 25 heavy (non-hydrogen) atoms. The zero-order chi connectivity index (χ0) is 17.0. The monoisotopic (exact) mass is 355 g/mol. The number of para-hydroxylation sites is 2. The van der Waals surface area contributed by atoms with E-state index in [-0.39, 0.29) is 16.7 Å². The summed E-state index contributed by atoms with van der Waals surface area (Å²) in [5.41, 5.74) is 2.08. The number of benzene rings is 1. The molecule has 1 aromatic heterocycles. The van der Waals surface area contributed by atoms with Crippen LogP contribution < -0.4 is 5.32 Å². The van der Waals surface area contributed by atoms with Gasteiger partial charge in [-0.25, -0.2) is 4.98 Å². The first kappa shape index (κ1) is 15.7. The average molecular weight is 356 g/mol. The molecule has 132 valence electrons. The van der Waals surface area contributed by atoms with E-state index < -0.39 is 0 Å². The molecule has 5 heteroatoms. The maximum Gasteiger partial charge on any atom is 0.233 e. The normalized spacial score (nSPS) is 34.4. The highest BCUT2D eigenvalue weighted by molar-refractivity contribution is 8.00. The summed E-state index contributed by atoms with van der Waals surface area (Å²) in [5, 5.41) is 4.17. The highest BCUT2D eigenvalue weighted by atomic mass is 32.2. The van der Waals surface area contributed by atoms with Crippen molar-refractivity contribution in [3.63, 3.8) is 0 Å². The van der Waals surface area contributed by atoms with E-state index in [1.54, 1.807) is 0 Å². The minimum atomic E-state index is -0.131. The summed E-state index contributed by atoms with van der Waals surface area (Å²) in [6, 6.07) is 8.00. The van der Waals surface area contributed by atoms with Gasteiger partial charge in [0.1, 0.15) is 0 Å². The molecule has 4 aliphatic rings. The summed E-state index contributed by atoms with van der Waals surface area (Å²) in [7, 11) is 0. The number of aromatic nitrogens is 2. The lowest BCUT2D eigenvalue weighted by molar-refractivity contribution is -0.126. The SMILES string of the molecule is CC(Sc1nc2ccccc2[nH]1)C(=O)NC12CC3CC(CC(C3)C1)C2. The number of thioether (sulfide) groups is 1. The van der Waals surface area contributed by atoms with E-state index in [1.807, 2.05) is 31.2 Å². The topological polar surface area (TPSA) is 57.8 Å². The summed E-state index contributed by atoms with van der Waals surface area (Å²) in [4.78, 5) is 20.8. The van der Waals surface area contributed by atoms with Crippen LogP contribution in [-0.4, -0.2) is 26.7 Å². The lowest BCUT2D eigenvalue weighted by Crippen LogP contribution is -2.60. The fraction of sp³-hybridized carbons (Fsp3) is 0.600. The molecule has 0 radical (unpaired) electrons. The van der Waals surface area contributed by atoms with Crippen LogP contribution in [0.1, 0.15) is 45.4 Å². The van der Waals surface area contributed by atoms with Gasteiger partial charge in [-0.05, 0) is 75.3 Å². The van der Waals surface area contributed by atoms with Crippen molar-refractivity contribution < 1.29 is 4.79 Å². The molecular weight excluding hydrogens is 330 g/mol. The van der Waals surface area contributed by atoms with Crippen LogP contribution in [-0.2, 0) is 4.79 Å². The highest BCUT2D eigenvalue weighted by Crippen LogP contribution is 2.55. The first-order valence-electron chi connectivity index (χ1n) is 9.52. The van der Waals surface area contributed by atoms with Crippen molar-refractivity contribution in [1.29, 1.82) is 0 Å². The number of nitrogens with zero attached hydrogens (tertiary/aromatic N) is 1. The average Bonchev–Trinajstić information content (AvgIpc) is 2.95. The van der Waals surface area contributed by atoms with E-state index in [2.05, 4.69) is 15.3 Å². The Kier molecular flexibility index (Phi) is 3.63. The van der Waals surface area contributed by atoms with Crippen molar-refractivity contribution >= 4 is 28.7 Å². The van der Waals surface area contributed by atoms with Gasteiger partial charge in [0.2, 0.25) is 5.91 Å². The lowest BCUT2D eigenvalue weighted by atomic mass is 9.53. The Bertz CT molecular complexity index is 746.